The number of hydrogen-bond acceptors (Lipinski definition) is 2. The monoisotopic (exact) mass is 513 g/mol. The molecular weight excluding hydrogens is 484 g/mol. The zero-order valence-electron chi connectivity index (χ0n) is 15.8. The van der Waals surface area contributed by atoms with Gasteiger partial charge in [-0.25, -0.2) is 0 Å². The van der Waals surface area contributed by atoms with E-state index in [2.05, 4.69) is 31.0 Å². The van der Waals surface area contributed by atoms with E-state index < -0.39 is 0 Å². The second-order valence-corrected chi connectivity index (χ2v) is 7.19. The van der Waals surface area contributed by atoms with Crippen molar-refractivity contribution in [3.05, 3.63) is 33.8 Å². The second kappa shape index (κ2) is 12.3. The molecule has 4 nitrogen and oxygen atoms in total. The lowest BCUT2D eigenvalue weighted by atomic mass is 10.0. The minimum atomic E-state index is 0. The molecular formula is C19H30Cl2IN3O. The number of guanidine groups is 1. The van der Waals surface area contributed by atoms with Gasteiger partial charge in [0.2, 0.25) is 0 Å². The number of benzene rings is 1. The molecule has 1 aliphatic heterocycles. The Morgan fingerprint density at radius 2 is 1.88 bits per heavy atom. The van der Waals surface area contributed by atoms with Crippen LogP contribution in [0.1, 0.15) is 45.1 Å². The van der Waals surface area contributed by atoms with Crippen LogP contribution in [0.4, 0.5) is 0 Å². The van der Waals surface area contributed by atoms with Gasteiger partial charge in [0.1, 0.15) is 0 Å². The van der Waals surface area contributed by atoms with Crippen molar-refractivity contribution >= 4 is 53.1 Å². The molecule has 148 valence electrons. The van der Waals surface area contributed by atoms with Gasteiger partial charge in [-0.3, -0.25) is 4.99 Å². The summed E-state index contributed by atoms with van der Waals surface area (Å²) in [6.45, 7) is 10.5. The normalized spacial score (nSPS) is 17.0. The molecule has 1 fully saturated rings. The van der Waals surface area contributed by atoms with Gasteiger partial charge in [-0.05, 0) is 44.4 Å². The molecule has 1 N–H and O–H groups in total. The van der Waals surface area contributed by atoms with Gasteiger partial charge in [0.15, 0.2) is 5.96 Å². The van der Waals surface area contributed by atoms with E-state index in [4.69, 9.17) is 32.9 Å². The summed E-state index contributed by atoms with van der Waals surface area (Å²) < 4.78 is 5.74. The fourth-order valence-corrected chi connectivity index (χ4v) is 3.96. The Hall–Kier alpha value is -0.240. The van der Waals surface area contributed by atoms with Crippen LogP contribution >= 0.6 is 47.2 Å². The third-order valence-corrected chi connectivity index (χ3v) is 5.15. The smallest absolute Gasteiger partial charge is 0.193 e. The van der Waals surface area contributed by atoms with Crippen LogP contribution in [-0.4, -0.2) is 49.7 Å². The second-order valence-electron chi connectivity index (χ2n) is 6.37. The summed E-state index contributed by atoms with van der Waals surface area (Å²) in [6.07, 6.45) is 2.47. The highest BCUT2D eigenvalue weighted by Gasteiger charge is 2.22. The maximum absolute atomic E-state index is 6.32. The molecule has 1 aliphatic rings. The van der Waals surface area contributed by atoms with Crippen LogP contribution in [0.3, 0.4) is 0 Å². The van der Waals surface area contributed by atoms with Gasteiger partial charge in [-0.1, -0.05) is 36.2 Å². The predicted octanol–water partition coefficient (Wildman–Crippen LogP) is 5.18. The van der Waals surface area contributed by atoms with Crippen LogP contribution < -0.4 is 5.32 Å². The predicted molar refractivity (Wildman–Crippen MR) is 122 cm³/mol. The van der Waals surface area contributed by atoms with Crippen molar-refractivity contribution in [2.24, 2.45) is 4.99 Å². The van der Waals surface area contributed by atoms with Crippen LogP contribution in [0.25, 0.3) is 0 Å². The number of nitrogens with one attached hydrogen (secondary N) is 1. The molecule has 0 saturated carbocycles. The van der Waals surface area contributed by atoms with Crippen LogP contribution in [0.15, 0.2) is 23.2 Å². The Balaban J connectivity index is 0.00000338. The van der Waals surface area contributed by atoms with E-state index in [0.29, 0.717) is 22.7 Å². The largest absolute Gasteiger partial charge is 0.378 e. The summed E-state index contributed by atoms with van der Waals surface area (Å²) in [7, 11) is 0. The summed E-state index contributed by atoms with van der Waals surface area (Å²) in [4.78, 5) is 7.16. The van der Waals surface area contributed by atoms with E-state index in [0.717, 1.165) is 50.6 Å². The number of halogens is 3. The molecule has 1 aromatic rings. The van der Waals surface area contributed by atoms with E-state index >= 15 is 0 Å². The highest BCUT2D eigenvalue weighted by atomic mass is 127. The topological polar surface area (TPSA) is 36.9 Å². The average Bonchev–Trinajstić information content (AvgIpc) is 2.59. The number of hydrogen-bond donors (Lipinski definition) is 1. The lowest BCUT2D eigenvalue weighted by Crippen LogP contribution is -2.47. The minimum absolute atomic E-state index is 0. The molecule has 1 atom stereocenters. The van der Waals surface area contributed by atoms with Crippen LogP contribution in [0, 0.1) is 0 Å². The van der Waals surface area contributed by atoms with Gasteiger partial charge in [0, 0.05) is 48.7 Å². The van der Waals surface area contributed by atoms with Crippen molar-refractivity contribution < 1.29 is 4.74 Å². The van der Waals surface area contributed by atoms with Gasteiger partial charge in [-0.2, -0.15) is 0 Å². The molecule has 1 saturated heterocycles. The van der Waals surface area contributed by atoms with Gasteiger partial charge >= 0.3 is 0 Å². The molecule has 2 rings (SSSR count). The molecule has 1 heterocycles. The van der Waals surface area contributed by atoms with Gasteiger partial charge in [-0.15, -0.1) is 24.0 Å². The van der Waals surface area contributed by atoms with Crippen LogP contribution in [0.2, 0.25) is 10.0 Å². The van der Waals surface area contributed by atoms with E-state index in [-0.39, 0.29) is 29.9 Å². The Bertz CT molecular complexity index is 558. The van der Waals surface area contributed by atoms with E-state index in [1.54, 1.807) is 0 Å². The van der Waals surface area contributed by atoms with Crippen molar-refractivity contribution in [1.82, 2.24) is 10.2 Å². The summed E-state index contributed by atoms with van der Waals surface area (Å²) >= 11 is 12.6. The molecule has 7 heteroatoms. The van der Waals surface area contributed by atoms with Gasteiger partial charge in [0.05, 0.1) is 6.10 Å². The first kappa shape index (κ1) is 23.8. The van der Waals surface area contributed by atoms with E-state index in [1.807, 2.05) is 18.2 Å². The molecule has 26 heavy (non-hydrogen) atoms. The lowest BCUT2D eigenvalue weighted by molar-refractivity contribution is 0.0264. The first-order chi connectivity index (χ1) is 12.1. The van der Waals surface area contributed by atoms with Crippen molar-refractivity contribution in [2.75, 3.05) is 32.8 Å². The Labute approximate surface area is 184 Å². The Kier molecular flexibility index (Phi) is 11.2. The van der Waals surface area contributed by atoms with Crippen molar-refractivity contribution in [3.63, 3.8) is 0 Å². The summed E-state index contributed by atoms with van der Waals surface area (Å²) in [5, 5.41) is 4.82. The maximum atomic E-state index is 6.32. The number of rotatable bonds is 6. The first-order valence-electron chi connectivity index (χ1n) is 9.15. The zero-order valence-corrected chi connectivity index (χ0v) is 19.6. The summed E-state index contributed by atoms with van der Waals surface area (Å²) in [5.41, 5.74) is 0.973. The van der Waals surface area contributed by atoms with E-state index in [1.165, 1.54) is 0 Å². The number of nitrogens with zero attached hydrogens (tertiary/aromatic N) is 2. The Morgan fingerprint density at radius 3 is 2.42 bits per heavy atom. The number of ether oxygens (including phenoxy) is 1. The van der Waals surface area contributed by atoms with Crippen molar-refractivity contribution in [1.29, 1.82) is 0 Å². The highest BCUT2D eigenvalue weighted by Crippen LogP contribution is 2.31. The molecule has 0 radical (unpaired) electrons. The average molecular weight is 514 g/mol. The standard InChI is InChI=1S/C19H29Cl2N3O.HI/c1-4-22-19(24-11-9-15(10-12-24)25-5-2)23-13-14(3)18-16(20)7-6-8-17(18)21;/h6-8,14-15H,4-5,9-13H2,1-3H3,(H,22,23);1H. The molecule has 1 aromatic carbocycles. The van der Waals surface area contributed by atoms with Crippen molar-refractivity contribution in [2.45, 2.75) is 45.6 Å². The quantitative estimate of drug-likeness (QED) is 0.323. The highest BCUT2D eigenvalue weighted by molar-refractivity contribution is 14.0. The minimum Gasteiger partial charge on any atom is -0.378 e. The summed E-state index contributed by atoms with van der Waals surface area (Å²) in [5.74, 6) is 1.13. The summed E-state index contributed by atoms with van der Waals surface area (Å²) in [6, 6.07) is 5.64. The number of likely N-dealkylation sites (tertiary alicyclic amines) is 1. The van der Waals surface area contributed by atoms with Crippen LogP contribution in [-0.2, 0) is 4.74 Å². The molecule has 1 unspecified atom stereocenters. The van der Waals surface area contributed by atoms with Gasteiger partial charge < -0.3 is 15.0 Å². The van der Waals surface area contributed by atoms with E-state index in [9.17, 15) is 0 Å². The molecule has 0 aromatic heterocycles. The third-order valence-electron chi connectivity index (χ3n) is 4.49. The van der Waals surface area contributed by atoms with Crippen LogP contribution in [0.5, 0.6) is 0 Å². The fraction of sp³-hybridized carbons (Fsp3) is 0.632. The molecule has 0 amide bonds. The third kappa shape index (κ3) is 6.73. The van der Waals surface area contributed by atoms with Crippen molar-refractivity contribution in [3.8, 4) is 0 Å². The maximum Gasteiger partial charge on any atom is 0.193 e. The number of piperidine rings is 1. The molecule has 0 bridgehead atoms. The zero-order chi connectivity index (χ0) is 18.2. The first-order valence-corrected chi connectivity index (χ1v) is 9.91. The van der Waals surface area contributed by atoms with Gasteiger partial charge in [0.25, 0.3) is 0 Å². The SMILES string of the molecule is CCNC(=NCC(C)c1c(Cl)cccc1Cl)N1CCC(OCC)CC1.I. The molecule has 0 spiro atoms. The Morgan fingerprint density at radius 1 is 1.27 bits per heavy atom. The lowest BCUT2D eigenvalue weighted by Gasteiger charge is -2.34. The molecule has 0 aliphatic carbocycles. The number of aliphatic imine (C=N–C) groups is 1. The fourth-order valence-electron chi connectivity index (χ4n) is 3.19.